The number of rotatable bonds is 5. The highest BCUT2D eigenvalue weighted by molar-refractivity contribution is 8.00. The zero-order chi connectivity index (χ0) is 22.1. The van der Waals surface area contributed by atoms with E-state index in [9.17, 15) is 4.79 Å². The van der Waals surface area contributed by atoms with Crippen LogP contribution < -0.4 is 10.0 Å². The third kappa shape index (κ3) is 4.01. The molecule has 4 aromatic rings. The summed E-state index contributed by atoms with van der Waals surface area (Å²) in [5.74, 6) is -0.160. The van der Waals surface area contributed by atoms with Gasteiger partial charge in [0, 0.05) is 27.4 Å². The predicted molar refractivity (Wildman–Crippen MR) is 131 cm³/mol. The van der Waals surface area contributed by atoms with Crippen LogP contribution in [-0.2, 0) is 12.8 Å². The molecular weight excluding hydrogens is 416 g/mol. The van der Waals surface area contributed by atoms with Crippen LogP contribution in [0.5, 0.6) is 0 Å². The molecule has 0 saturated heterocycles. The molecule has 6 heteroatoms. The first-order valence-electron chi connectivity index (χ1n) is 10.7. The molecule has 32 heavy (non-hydrogen) atoms. The third-order valence-electron chi connectivity index (χ3n) is 5.80. The number of anilines is 2. The minimum atomic E-state index is -0.160. The zero-order valence-electron chi connectivity index (χ0n) is 18.0. The number of carbonyl (C=O) groups is 1. The summed E-state index contributed by atoms with van der Waals surface area (Å²) in [5, 5.41) is 10.4. The molecule has 5 nitrogen and oxygen atoms in total. The van der Waals surface area contributed by atoms with E-state index in [0.717, 1.165) is 45.9 Å². The summed E-state index contributed by atoms with van der Waals surface area (Å²) in [5.41, 5.74) is 9.11. The van der Waals surface area contributed by atoms with E-state index in [2.05, 4.69) is 64.4 Å². The highest BCUT2D eigenvalue weighted by atomic mass is 32.2. The molecule has 0 fully saturated rings. The lowest BCUT2D eigenvalue weighted by Crippen LogP contribution is -2.15. The molecule has 1 aliphatic rings. The lowest BCUT2D eigenvalue weighted by Gasteiger charge is -2.15. The summed E-state index contributed by atoms with van der Waals surface area (Å²) in [6.07, 6.45) is 1.73. The number of amides is 1. The van der Waals surface area contributed by atoms with Crippen molar-refractivity contribution in [2.24, 2.45) is 0 Å². The number of aromatic nitrogens is 2. The first-order chi connectivity index (χ1) is 15.6. The summed E-state index contributed by atoms with van der Waals surface area (Å²) < 4.78 is 3.41. The summed E-state index contributed by atoms with van der Waals surface area (Å²) in [6, 6.07) is 22.4. The molecule has 5 rings (SSSR count). The van der Waals surface area contributed by atoms with Crippen molar-refractivity contribution in [2.45, 2.75) is 31.6 Å². The number of hydrogen-bond acceptors (Lipinski definition) is 4. The van der Waals surface area contributed by atoms with E-state index in [0.29, 0.717) is 5.69 Å². The lowest BCUT2D eigenvalue weighted by molar-refractivity contribution is 0.102. The number of aromatic amines is 1. The van der Waals surface area contributed by atoms with Crippen molar-refractivity contribution in [3.8, 4) is 11.3 Å². The molecule has 0 radical (unpaired) electrons. The van der Waals surface area contributed by atoms with E-state index < -0.39 is 0 Å². The maximum Gasteiger partial charge on any atom is 0.273 e. The first kappa shape index (κ1) is 20.4. The van der Waals surface area contributed by atoms with Crippen LogP contribution in [0.15, 0.2) is 71.6 Å². The van der Waals surface area contributed by atoms with Crippen molar-refractivity contribution >= 4 is 29.2 Å². The fourth-order valence-corrected chi connectivity index (χ4v) is 4.73. The van der Waals surface area contributed by atoms with E-state index in [1.54, 1.807) is 11.9 Å². The summed E-state index contributed by atoms with van der Waals surface area (Å²) in [4.78, 5) is 14.0. The number of carbonyl (C=O) groups excluding carboxylic acids is 1. The number of fused-ring (bicyclic) bond motifs is 3. The van der Waals surface area contributed by atoms with Gasteiger partial charge in [0.2, 0.25) is 0 Å². The number of H-pyrrole nitrogens is 1. The summed E-state index contributed by atoms with van der Waals surface area (Å²) >= 11 is 1.55. The Balaban J connectivity index is 1.26. The highest BCUT2D eigenvalue weighted by Crippen LogP contribution is 2.33. The molecule has 0 bridgehead atoms. The van der Waals surface area contributed by atoms with Gasteiger partial charge in [0.15, 0.2) is 0 Å². The van der Waals surface area contributed by atoms with Crippen LogP contribution >= 0.6 is 11.9 Å². The maximum absolute atomic E-state index is 12.9. The van der Waals surface area contributed by atoms with E-state index in [-0.39, 0.29) is 5.91 Å². The number of hydrogen-bond donors (Lipinski definition) is 3. The van der Waals surface area contributed by atoms with E-state index in [1.807, 2.05) is 36.4 Å². The van der Waals surface area contributed by atoms with Crippen LogP contribution in [0.25, 0.3) is 11.3 Å². The fraction of sp³-hybridized carbons (Fsp3) is 0.154. The van der Waals surface area contributed by atoms with Gasteiger partial charge in [-0.05, 0) is 85.7 Å². The smallest absolute Gasteiger partial charge is 0.273 e. The second kappa shape index (κ2) is 8.55. The second-order valence-corrected chi connectivity index (χ2v) is 8.96. The second-order valence-electron chi connectivity index (χ2n) is 8.08. The van der Waals surface area contributed by atoms with E-state index in [4.69, 9.17) is 0 Å². The van der Waals surface area contributed by atoms with Crippen molar-refractivity contribution in [3.05, 3.63) is 94.7 Å². The van der Waals surface area contributed by atoms with Crippen LogP contribution in [0.3, 0.4) is 0 Å². The molecule has 1 amide bonds. The topological polar surface area (TPSA) is 69.8 Å². The van der Waals surface area contributed by atoms with Crippen molar-refractivity contribution in [1.29, 1.82) is 0 Å². The third-order valence-corrected chi connectivity index (χ3v) is 6.62. The summed E-state index contributed by atoms with van der Waals surface area (Å²) in [7, 11) is 0. The van der Waals surface area contributed by atoms with Crippen LogP contribution in [0.2, 0.25) is 0 Å². The van der Waals surface area contributed by atoms with Crippen molar-refractivity contribution < 1.29 is 4.79 Å². The Morgan fingerprint density at radius 3 is 2.66 bits per heavy atom. The van der Waals surface area contributed by atoms with E-state index in [1.165, 1.54) is 16.7 Å². The Hall–Kier alpha value is -3.51. The van der Waals surface area contributed by atoms with Gasteiger partial charge in [-0.25, -0.2) is 0 Å². The largest absolute Gasteiger partial charge is 0.325 e. The van der Waals surface area contributed by atoms with Gasteiger partial charge in [0.05, 0.1) is 5.69 Å². The van der Waals surface area contributed by atoms with Gasteiger partial charge in [-0.15, -0.1) is 0 Å². The standard InChI is InChI=1S/C26H24N4OS/c1-16-7-8-17(2)23(15-16)30-32-20-12-10-19(11-13-20)27-26(31)25-22-14-9-18-5-3-4-6-21(18)24(22)28-29-25/h3-8,10-13,15,30H,9,14H2,1-2H3,(H,27,31)(H,28,29). The Kier molecular flexibility index (Phi) is 5.45. The first-order valence-corrected chi connectivity index (χ1v) is 11.5. The molecule has 0 aliphatic heterocycles. The Morgan fingerprint density at radius 1 is 1.00 bits per heavy atom. The molecule has 3 N–H and O–H groups in total. The van der Waals surface area contributed by atoms with Gasteiger partial charge in [-0.2, -0.15) is 5.10 Å². The van der Waals surface area contributed by atoms with Crippen molar-refractivity contribution in [1.82, 2.24) is 10.2 Å². The van der Waals surface area contributed by atoms with Crippen LogP contribution in [-0.4, -0.2) is 16.1 Å². The molecular formula is C26H24N4OS. The Labute approximate surface area is 191 Å². The molecule has 0 spiro atoms. The quantitative estimate of drug-likeness (QED) is 0.325. The Bertz CT molecular complexity index is 1290. The minimum absolute atomic E-state index is 0.160. The average Bonchev–Trinajstić information content (AvgIpc) is 3.25. The number of benzene rings is 3. The van der Waals surface area contributed by atoms with Crippen molar-refractivity contribution in [2.75, 3.05) is 10.0 Å². The molecule has 0 unspecified atom stereocenters. The predicted octanol–water partition coefficient (Wildman–Crippen LogP) is 6.16. The van der Waals surface area contributed by atoms with Gasteiger partial charge in [0.1, 0.15) is 5.69 Å². The number of aryl methyl sites for hydroxylation is 3. The van der Waals surface area contributed by atoms with Gasteiger partial charge in [0.25, 0.3) is 5.91 Å². The number of nitrogens with zero attached hydrogens (tertiary/aromatic N) is 1. The van der Waals surface area contributed by atoms with Crippen LogP contribution in [0.4, 0.5) is 11.4 Å². The van der Waals surface area contributed by atoms with Gasteiger partial charge in [-0.1, -0.05) is 36.4 Å². The highest BCUT2D eigenvalue weighted by Gasteiger charge is 2.25. The monoisotopic (exact) mass is 440 g/mol. The molecule has 0 atom stereocenters. The maximum atomic E-state index is 12.9. The van der Waals surface area contributed by atoms with Crippen molar-refractivity contribution in [3.63, 3.8) is 0 Å². The van der Waals surface area contributed by atoms with Gasteiger partial charge in [-0.3, -0.25) is 9.89 Å². The average molecular weight is 441 g/mol. The van der Waals surface area contributed by atoms with Crippen LogP contribution in [0.1, 0.15) is 32.7 Å². The normalized spacial score (nSPS) is 12.1. The molecule has 3 aromatic carbocycles. The SMILES string of the molecule is Cc1ccc(C)c(NSc2ccc(NC(=O)c3[nH]nc4c3CCc3ccccc3-4)cc2)c1. The molecule has 1 heterocycles. The van der Waals surface area contributed by atoms with Gasteiger partial charge >= 0.3 is 0 Å². The van der Waals surface area contributed by atoms with E-state index >= 15 is 0 Å². The fourth-order valence-electron chi connectivity index (χ4n) is 4.01. The molecule has 1 aromatic heterocycles. The van der Waals surface area contributed by atoms with Gasteiger partial charge < -0.3 is 10.0 Å². The lowest BCUT2D eigenvalue weighted by atomic mass is 9.89. The Morgan fingerprint density at radius 2 is 1.81 bits per heavy atom. The summed E-state index contributed by atoms with van der Waals surface area (Å²) in [6.45, 7) is 4.18. The zero-order valence-corrected chi connectivity index (χ0v) is 18.8. The molecule has 0 saturated carbocycles. The molecule has 1 aliphatic carbocycles. The number of nitrogens with one attached hydrogen (secondary N) is 3. The minimum Gasteiger partial charge on any atom is -0.325 e. The van der Waals surface area contributed by atoms with Crippen LogP contribution in [0, 0.1) is 13.8 Å². The molecule has 160 valence electrons.